The van der Waals surface area contributed by atoms with E-state index < -0.39 is 0 Å². The maximum Gasteiger partial charge on any atom is 0.128 e. The van der Waals surface area contributed by atoms with Gasteiger partial charge in [0.25, 0.3) is 0 Å². The molecular formula is C14H18N4. The fourth-order valence-corrected chi connectivity index (χ4v) is 1.85. The molecule has 0 aliphatic rings. The van der Waals surface area contributed by atoms with Crippen molar-refractivity contribution in [3.8, 4) is 0 Å². The first-order valence-corrected chi connectivity index (χ1v) is 5.97. The third-order valence-electron chi connectivity index (χ3n) is 2.96. The summed E-state index contributed by atoms with van der Waals surface area (Å²) >= 11 is 0. The predicted octanol–water partition coefficient (Wildman–Crippen LogP) is 1.88. The highest BCUT2D eigenvalue weighted by Crippen LogP contribution is 2.15. The molecule has 0 aromatic carbocycles. The van der Waals surface area contributed by atoms with E-state index in [4.69, 9.17) is 5.73 Å². The Bertz CT molecular complexity index is 510. The molecule has 2 N–H and O–H groups in total. The van der Waals surface area contributed by atoms with Crippen molar-refractivity contribution in [2.45, 2.75) is 20.0 Å². The third-order valence-corrected chi connectivity index (χ3v) is 2.96. The minimum atomic E-state index is 0.535. The Morgan fingerprint density at radius 2 is 1.89 bits per heavy atom. The summed E-state index contributed by atoms with van der Waals surface area (Å²) in [5.41, 5.74) is 8.95. The van der Waals surface area contributed by atoms with E-state index in [0.29, 0.717) is 6.54 Å². The molecule has 4 heteroatoms. The number of nitrogens with zero attached hydrogens (tertiary/aromatic N) is 3. The number of hydrogen-bond acceptors (Lipinski definition) is 4. The van der Waals surface area contributed by atoms with Crippen LogP contribution in [0.1, 0.15) is 16.8 Å². The van der Waals surface area contributed by atoms with E-state index in [1.807, 2.05) is 38.2 Å². The lowest BCUT2D eigenvalue weighted by molar-refractivity contribution is 0.881. The molecule has 0 unspecified atom stereocenters. The minimum Gasteiger partial charge on any atom is -0.355 e. The summed E-state index contributed by atoms with van der Waals surface area (Å²) in [7, 11) is 2.03. The Labute approximate surface area is 107 Å². The first-order valence-electron chi connectivity index (χ1n) is 5.97. The first-order chi connectivity index (χ1) is 8.70. The molecule has 18 heavy (non-hydrogen) atoms. The molecule has 0 aliphatic heterocycles. The average molecular weight is 242 g/mol. The van der Waals surface area contributed by atoms with E-state index in [1.54, 1.807) is 12.4 Å². The fraction of sp³-hybridized carbons (Fsp3) is 0.286. The molecule has 0 spiro atoms. The van der Waals surface area contributed by atoms with Crippen LogP contribution in [0.4, 0.5) is 5.82 Å². The zero-order valence-electron chi connectivity index (χ0n) is 10.8. The molecule has 0 saturated carbocycles. The standard InChI is InChI=1S/C14H18N4/c1-11-13(9-15)3-4-14(17-11)18(2)10-12-5-7-16-8-6-12/h3-8H,9-10,15H2,1-2H3. The Morgan fingerprint density at radius 3 is 2.50 bits per heavy atom. The maximum absolute atomic E-state index is 5.64. The van der Waals surface area contributed by atoms with Gasteiger partial charge in [0.15, 0.2) is 0 Å². The van der Waals surface area contributed by atoms with Crippen LogP contribution in [0.15, 0.2) is 36.7 Å². The van der Waals surface area contributed by atoms with E-state index in [2.05, 4.69) is 14.9 Å². The highest BCUT2D eigenvalue weighted by molar-refractivity contribution is 5.41. The Hall–Kier alpha value is -1.94. The van der Waals surface area contributed by atoms with Gasteiger partial charge < -0.3 is 10.6 Å². The number of aryl methyl sites for hydroxylation is 1. The van der Waals surface area contributed by atoms with Gasteiger partial charge in [0, 0.05) is 38.2 Å². The smallest absolute Gasteiger partial charge is 0.128 e. The molecule has 2 rings (SSSR count). The molecule has 2 aromatic rings. The van der Waals surface area contributed by atoms with Crippen LogP contribution in [0, 0.1) is 6.92 Å². The average Bonchev–Trinajstić information content (AvgIpc) is 2.39. The molecule has 4 nitrogen and oxygen atoms in total. The minimum absolute atomic E-state index is 0.535. The normalized spacial score (nSPS) is 10.4. The zero-order chi connectivity index (χ0) is 13.0. The van der Waals surface area contributed by atoms with Crippen molar-refractivity contribution in [1.82, 2.24) is 9.97 Å². The summed E-state index contributed by atoms with van der Waals surface area (Å²) in [6.45, 7) is 3.34. The molecule has 0 saturated heterocycles. The summed E-state index contributed by atoms with van der Waals surface area (Å²) in [5.74, 6) is 0.960. The van der Waals surface area contributed by atoms with Crippen molar-refractivity contribution in [3.05, 3.63) is 53.5 Å². The number of hydrogen-bond donors (Lipinski definition) is 1. The van der Waals surface area contributed by atoms with Gasteiger partial charge >= 0.3 is 0 Å². The van der Waals surface area contributed by atoms with Gasteiger partial charge in [0.1, 0.15) is 5.82 Å². The van der Waals surface area contributed by atoms with Gasteiger partial charge in [-0.2, -0.15) is 0 Å². The van der Waals surface area contributed by atoms with E-state index in [-0.39, 0.29) is 0 Å². The summed E-state index contributed by atoms with van der Waals surface area (Å²) < 4.78 is 0. The Kier molecular flexibility index (Phi) is 3.89. The van der Waals surface area contributed by atoms with Crippen LogP contribution in [-0.2, 0) is 13.1 Å². The monoisotopic (exact) mass is 242 g/mol. The van der Waals surface area contributed by atoms with Crippen molar-refractivity contribution in [2.75, 3.05) is 11.9 Å². The highest BCUT2D eigenvalue weighted by atomic mass is 15.2. The van der Waals surface area contributed by atoms with Crippen molar-refractivity contribution < 1.29 is 0 Å². The van der Waals surface area contributed by atoms with Crippen molar-refractivity contribution in [2.24, 2.45) is 5.73 Å². The topological polar surface area (TPSA) is 55.0 Å². The molecule has 2 aromatic heterocycles. The molecule has 94 valence electrons. The largest absolute Gasteiger partial charge is 0.355 e. The summed E-state index contributed by atoms with van der Waals surface area (Å²) in [4.78, 5) is 10.7. The van der Waals surface area contributed by atoms with E-state index in [1.165, 1.54) is 5.56 Å². The number of pyridine rings is 2. The number of aromatic nitrogens is 2. The quantitative estimate of drug-likeness (QED) is 0.889. The van der Waals surface area contributed by atoms with Gasteiger partial charge in [-0.1, -0.05) is 6.07 Å². The van der Waals surface area contributed by atoms with E-state index in [9.17, 15) is 0 Å². The fourth-order valence-electron chi connectivity index (χ4n) is 1.85. The first kappa shape index (κ1) is 12.5. The highest BCUT2D eigenvalue weighted by Gasteiger charge is 2.05. The maximum atomic E-state index is 5.64. The summed E-state index contributed by atoms with van der Waals surface area (Å²) in [6.07, 6.45) is 3.61. The van der Waals surface area contributed by atoms with E-state index >= 15 is 0 Å². The lowest BCUT2D eigenvalue weighted by atomic mass is 10.2. The molecular weight excluding hydrogens is 224 g/mol. The van der Waals surface area contributed by atoms with Crippen molar-refractivity contribution in [3.63, 3.8) is 0 Å². The van der Waals surface area contributed by atoms with Gasteiger partial charge in [0.2, 0.25) is 0 Å². The van der Waals surface area contributed by atoms with Crippen LogP contribution in [0.5, 0.6) is 0 Å². The van der Waals surface area contributed by atoms with Crippen LogP contribution in [0.25, 0.3) is 0 Å². The molecule has 0 atom stereocenters. The van der Waals surface area contributed by atoms with Crippen LogP contribution in [-0.4, -0.2) is 17.0 Å². The van der Waals surface area contributed by atoms with Gasteiger partial charge in [-0.3, -0.25) is 4.98 Å². The Balaban J connectivity index is 2.14. The molecule has 0 bridgehead atoms. The van der Waals surface area contributed by atoms with Crippen LogP contribution < -0.4 is 10.6 Å². The molecule has 0 amide bonds. The SMILES string of the molecule is Cc1nc(N(C)Cc2ccncc2)ccc1CN. The van der Waals surface area contributed by atoms with Crippen LogP contribution in [0.3, 0.4) is 0 Å². The Morgan fingerprint density at radius 1 is 1.17 bits per heavy atom. The predicted molar refractivity (Wildman–Crippen MR) is 73.2 cm³/mol. The van der Waals surface area contributed by atoms with Gasteiger partial charge in [-0.15, -0.1) is 0 Å². The second kappa shape index (κ2) is 5.60. The lowest BCUT2D eigenvalue weighted by Gasteiger charge is -2.19. The number of rotatable bonds is 4. The van der Waals surface area contributed by atoms with Crippen LogP contribution >= 0.6 is 0 Å². The number of anilines is 1. The van der Waals surface area contributed by atoms with Crippen LogP contribution in [0.2, 0.25) is 0 Å². The zero-order valence-corrected chi connectivity index (χ0v) is 10.8. The molecule has 2 heterocycles. The summed E-state index contributed by atoms with van der Waals surface area (Å²) in [6, 6.07) is 8.08. The molecule has 0 radical (unpaired) electrons. The molecule has 0 aliphatic carbocycles. The second-order valence-corrected chi connectivity index (χ2v) is 4.33. The van der Waals surface area contributed by atoms with Crippen molar-refractivity contribution >= 4 is 5.82 Å². The molecule has 0 fully saturated rings. The third kappa shape index (κ3) is 2.84. The van der Waals surface area contributed by atoms with Gasteiger partial charge in [-0.25, -0.2) is 4.98 Å². The van der Waals surface area contributed by atoms with Gasteiger partial charge in [0.05, 0.1) is 0 Å². The van der Waals surface area contributed by atoms with Gasteiger partial charge in [-0.05, 0) is 36.2 Å². The lowest BCUT2D eigenvalue weighted by Crippen LogP contribution is -2.18. The summed E-state index contributed by atoms with van der Waals surface area (Å²) in [5, 5.41) is 0. The van der Waals surface area contributed by atoms with E-state index in [0.717, 1.165) is 23.6 Å². The second-order valence-electron chi connectivity index (χ2n) is 4.33. The number of nitrogens with two attached hydrogens (primary N) is 1. The van der Waals surface area contributed by atoms with Crippen molar-refractivity contribution in [1.29, 1.82) is 0 Å².